The second-order valence-electron chi connectivity index (χ2n) is 3.80. The van der Waals surface area contributed by atoms with Crippen LogP contribution in [0.2, 0.25) is 5.02 Å². The molecule has 18 heavy (non-hydrogen) atoms. The molecule has 0 aliphatic carbocycles. The number of nitrogens with one attached hydrogen (secondary N) is 1. The highest BCUT2D eigenvalue weighted by atomic mass is 35.5. The van der Waals surface area contributed by atoms with Crippen molar-refractivity contribution in [1.82, 2.24) is 0 Å². The third-order valence-electron chi connectivity index (χ3n) is 2.44. The van der Waals surface area contributed by atoms with Gasteiger partial charge in [0.1, 0.15) is 11.5 Å². The second kappa shape index (κ2) is 5.25. The number of hydrazine groups is 1. The third kappa shape index (κ3) is 2.72. The Balaban J connectivity index is 2.30. The molecule has 0 fully saturated rings. The molecule has 0 radical (unpaired) electrons. The van der Waals surface area contributed by atoms with Crippen molar-refractivity contribution in [2.45, 2.75) is 6.92 Å². The molecule has 0 aliphatic heterocycles. The zero-order valence-electron chi connectivity index (χ0n) is 9.71. The van der Waals surface area contributed by atoms with Crippen molar-refractivity contribution in [1.29, 1.82) is 0 Å². The zero-order valence-corrected chi connectivity index (χ0v) is 10.5. The Hall–Kier alpha value is -1.78. The van der Waals surface area contributed by atoms with Crippen LogP contribution in [0, 0.1) is 12.7 Å². The van der Waals surface area contributed by atoms with Gasteiger partial charge < -0.3 is 10.2 Å². The lowest BCUT2D eigenvalue weighted by Crippen LogP contribution is -2.10. The van der Waals surface area contributed by atoms with Crippen molar-refractivity contribution in [2.24, 2.45) is 5.84 Å². The zero-order chi connectivity index (χ0) is 13.1. The summed E-state index contributed by atoms with van der Waals surface area (Å²) in [6, 6.07) is 9.86. The van der Waals surface area contributed by atoms with Gasteiger partial charge in [-0.05, 0) is 36.8 Å². The summed E-state index contributed by atoms with van der Waals surface area (Å²) in [7, 11) is 0. The minimum absolute atomic E-state index is 0.258. The highest BCUT2D eigenvalue weighted by Crippen LogP contribution is 2.29. The standard InChI is InChI=1S/C13H12ClFN2O/c1-8-5-11(7-12(15)13(8)17-16)18-10-4-2-3-9(14)6-10/h2-7,17H,16H2,1H3. The summed E-state index contributed by atoms with van der Waals surface area (Å²) < 4.78 is 19.2. The Morgan fingerprint density at radius 3 is 2.61 bits per heavy atom. The van der Waals surface area contributed by atoms with E-state index >= 15 is 0 Å². The molecule has 0 aliphatic rings. The summed E-state index contributed by atoms with van der Waals surface area (Å²) in [5, 5.41) is 0.560. The molecule has 2 aromatic carbocycles. The van der Waals surface area contributed by atoms with E-state index in [-0.39, 0.29) is 5.69 Å². The topological polar surface area (TPSA) is 47.3 Å². The lowest BCUT2D eigenvalue weighted by atomic mass is 10.2. The molecule has 0 unspecified atom stereocenters. The van der Waals surface area contributed by atoms with Crippen LogP contribution < -0.4 is 16.0 Å². The number of benzene rings is 2. The maximum atomic E-state index is 13.6. The number of hydrogen-bond acceptors (Lipinski definition) is 3. The van der Waals surface area contributed by atoms with Gasteiger partial charge in [-0.2, -0.15) is 0 Å². The van der Waals surface area contributed by atoms with Crippen molar-refractivity contribution >= 4 is 17.3 Å². The molecule has 0 atom stereocenters. The van der Waals surface area contributed by atoms with Gasteiger partial charge in [-0.15, -0.1) is 0 Å². The van der Waals surface area contributed by atoms with Crippen LogP contribution in [0.4, 0.5) is 10.1 Å². The minimum atomic E-state index is -0.463. The first-order valence-electron chi connectivity index (χ1n) is 5.30. The van der Waals surface area contributed by atoms with Crippen LogP contribution in [0.25, 0.3) is 0 Å². The molecule has 3 nitrogen and oxygen atoms in total. The van der Waals surface area contributed by atoms with Crippen LogP contribution in [-0.4, -0.2) is 0 Å². The van der Waals surface area contributed by atoms with Gasteiger partial charge in [0, 0.05) is 11.1 Å². The molecule has 0 saturated carbocycles. The van der Waals surface area contributed by atoms with E-state index in [1.807, 2.05) is 0 Å². The van der Waals surface area contributed by atoms with E-state index in [0.29, 0.717) is 22.1 Å². The molecule has 0 aromatic heterocycles. The van der Waals surface area contributed by atoms with Gasteiger partial charge in [0.25, 0.3) is 0 Å². The van der Waals surface area contributed by atoms with Crippen LogP contribution in [0.15, 0.2) is 36.4 Å². The Morgan fingerprint density at radius 2 is 2.00 bits per heavy atom. The molecule has 0 heterocycles. The first kappa shape index (κ1) is 12.7. The largest absolute Gasteiger partial charge is 0.457 e. The lowest BCUT2D eigenvalue weighted by molar-refractivity contribution is 0.476. The van der Waals surface area contributed by atoms with E-state index in [1.54, 1.807) is 37.3 Å². The molecular weight excluding hydrogens is 255 g/mol. The van der Waals surface area contributed by atoms with Gasteiger partial charge >= 0.3 is 0 Å². The third-order valence-corrected chi connectivity index (χ3v) is 2.67. The SMILES string of the molecule is Cc1cc(Oc2cccc(Cl)c2)cc(F)c1NN. The summed E-state index contributed by atoms with van der Waals surface area (Å²) in [5.41, 5.74) is 3.23. The van der Waals surface area contributed by atoms with E-state index in [9.17, 15) is 4.39 Å². The number of ether oxygens (including phenoxy) is 1. The van der Waals surface area contributed by atoms with Crippen molar-refractivity contribution in [3.63, 3.8) is 0 Å². The normalized spacial score (nSPS) is 10.2. The summed E-state index contributed by atoms with van der Waals surface area (Å²) in [4.78, 5) is 0. The molecule has 94 valence electrons. The Kier molecular flexibility index (Phi) is 3.69. The van der Waals surface area contributed by atoms with E-state index in [1.165, 1.54) is 6.07 Å². The summed E-state index contributed by atoms with van der Waals surface area (Å²) in [6.45, 7) is 1.74. The average molecular weight is 267 g/mol. The van der Waals surface area contributed by atoms with Gasteiger partial charge in [0.05, 0.1) is 5.69 Å². The highest BCUT2D eigenvalue weighted by Gasteiger charge is 2.08. The Bertz CT molecular complexity index is 552. The predicted octanol–water partition coefficient (Wildman–Crippen LogP) is 3.87. The number of nitrogen functional groups attached to an aromatic ring is 1. The van der Waals surface area contributed by atoms with Crippen molar-refractivity contribution in [2.75, 3.05) is 5.43 Å². The van der Waals surface area contributed by atoms with Crippen molar-refractivity contribution in [3.8, 4) is 11.5 Å². The Morgan fingerprint density at radius 1 is 1.22 bits per heavy atom. The monoisotopic (exact) mass is 266 g/mol. The highest BCUT2D eigenvalue weighted by molar-refractivity contribution is 6.30. The average Bonchev–Trinajstić information content (AvgIpc) is 2.28. The molecule has 0 spiro atoms. The van der Waals surface area contributed by atoms with Crippen LogP contribution in [0.1, 0.15) is 5.56 Å². The lowest BCUT2D eigenvalue weighted by Gasteiger charge is -2.10. The molecule has 5 heteroatoms. The maximum Gasteiger partial charge on any atom is 0.151 e. The molecule has 0 saturated heterocycles. The van der Waals surface area contributed by atoms with E-state index < -0.39 is 5.82 Å². The Labute approximate surface area is 109 Å². The van der Waals surface area contributed by atoms with E-state index in [4.69, 9.17) is 22.2 Å². The molecule has 0 bridgehead atoms. The summed E-state index contributed by atoms with van der Waals surface area (Å²) >= 11 is 5.84. The number of rotatable bonds is 3. The first-order chi connectivity index (χ1) is 8.60. The predicted molar refractivity (Wildman–Crippen MR) is 70.5 cm³/mol. The van der Waals surface area contributed by atoms with Crippen LogP contribution in [0.5, 0.6) is 11.5 Å². The summed E-state index contributed by atoms with van der Waals surface area (Å²) in [6.07, 6.45) is 0. The number of hydrogen-bond donors (Lipinski definition) is 2. The maximum absolute atomic E-state index is 13.6. The van der Waals surface area contributed by atoms with Crippen molar-refractivity contribution in [3.05, 3.63) is 52.8 Å². The van der Waals surface area contributed by atoms with Gasteiger partial charge in [0.15, 0.2) is 5.82 Å². The van der Waals surface area contributed by atoms with E-state index in [2.05, 4.69) is 5.43 Å². The first-order valence-corrected chi connectivity index (χ1v) is 5.68. The molecule has 3 N–H and O–H groups in total. The van der Waals surface area contributed by atoms with Crippen LogP contribution in [-0.2, 0) is 0 Å². The van der Waals surface area contributed by atoms with Gasteiger partial charge in [-0.3, -0.25) is 5.84 Å². The van der Waals surface area contributed by atoms with Crippen LogP contribution in [0.3, 0.4) is 0 Å². The number of aryl methyl sites for hydroxylation is 1. The smallest absolute Gasteiger partial charge is 0.151 e. The molecule has 0 amide bonds. The van der Waals surface area contributed by atoms with E-state index in [0.717, 1.165) is 0 Å². The fraction of sp³-hybridized carbons (Fsp3) is 0.0769. The van der Waals surface area contributed by atoms with Gasteiger partial charge in [-0.25, -0.2) is 4.39 Å². The molecule has 2 aromatic rings. The molecular formula is C13H12ClFN2O. The number of nitrogens with two attached hydrogens (primary N) is 1. The minimum Gasteiger partial charge on any atom is -0.457 e. The fourth-order valence-electron chi connectivity index (χ4n) is 1.62. The molecule has 2 rings (SSSR count). The van der Waals surface area contributed by atoms with Gasteiger partial charge in [-0.1, -0.05) is 17.7 Å². The fourth-order valence-corrected chi connectivity index (χ4v) is 1.80. The number of anilines is 1. The summed E-state index contributed by atoms with van der Waals surface area (Å²) in [5.74, 6) is 5.71. The number of halogens is 2. The van der Waals surface area contributed by atoms with Crippen molar-refractivity contribution < 1.29 is 9.13 Å². The quantitative estimate of drug-likeness (QED) is 0.655. The van der Waals surface area contributed by atoms with Crippen LogP contribution >= 0.6 is 11.6 Å². The second-order valence-corrected chi connectivity index (χ2v) is 4.24. The van der Waals surface area contributed by atoms with Gasteiger partial charge in [0.2, 0.25) is 0 Å².